The Morgan fingerprint density at radius 3 is 2.74 bits per heavy atom. The van der Waals surface area contributed by atoms with Gasteiger partial charge in [-0.05, 0) is 52.8 Å². The van der Waals surface area contributed by atoms with Crippen molar-refractivity contribution in [2.24, 2.45) is 11.8 Å². The van der Waals surface area contributed by atoms with Crippen LogP contribution in [0.25, 0.3) is 0 Å². The molecule has 102 valence electrons. The van der Waals surface area contributed by atoms with Crippen LogP contribution in [0.3, 0.4) is 0 Å². The molecule has 3 nitrogen and oxygen atoms in total. The van der Waals surface area contributed by atoms with Gasteiger partial charge in [-0.25, -0.2) is 4.79 Å². The third kappa shape index (κ3) is 2.38. The van der Waals surface area contributed by atoms with Crippen molar-refractivity contribution < 1.29 is 9.90 Å². The van der Waals surface area contributed by atoms with Gasteiger partial charge >= 0.3 is 5.97 Å². The molecule has 1 aliphatic heterocycles. The number of carboxylic acids is 1. The lowest BCUT2D eigenvalue weighted by Gasteiger charge is -2.27. The van der Waals surface area contributed by atoms with Gasteiger partial charge in [0.25, 0.3) is 0 Å². The lowest BCUT2D eigenvalue weighted by molar-refractivity contribution is -0.132. The van der Waals surface area contributed by atoms with Crippen molar-refractivity contribution in [1.82, 2.24) is 5.32 Å². The quantitative estimate of drug-likeness (QED) is 0.762. The van der Waals surface area contributed by atoms with Crippen LogP contribution in [0.5, 0.6) is 0 Å². The second-order valence-electron chi connectivity index (χ2n) is 5.58. The van der Waals surface area contributed by atoms with Gasteiger partial charge in [-0.1, -0.05) is 25.3 Å². The van der Waals surface area contributed by atoms with Gasteiger partial charge in [0.15, 0.2) is 0 Å². The topological polar surface area (TPSA) is 49.3 Å². The molecule has 0 amide bonds. The van der Waals surface area contributed by atoms with Gasteiger partial charge < -0.3 is 10.4 Å². The van der Waals surface area contributed by atoms with Crippen molar-refractivity contribution >= 4 is 21.9 Å². The van der Waals surface area contributed by atoms with Crippen molar-refractivity contribution in [1.29, 1.82) is 0 Å². The Bertz CT molecular complexity index is 498. The summed E-state index contributed by atoms with van der Waals surface area (Å²) >= 11 is 3.64. The molecule has 0 aromatic heterocycles. The van der Waals surface area contributed by atoms with Crippen molar-refractivity contribution in [3.63, 3.8) is 0 Å². The summed E-state index contributed by atoms with van der Waals surface area (Å²) in [5.74, 6) is 0.182. The van der Waals surface area contributed by atoms with Gasteiger partial charge in [0.2, 0.25) is 0 Å². The standard InChI is InChI=1S/C15H18BrNO2/c16-14-13(9-4-2-1-3-5-9)11-7-6-10(15(18)19)8-12(11)17-14/h6,8-9,11,17H,1-5,7H2,(H,18,19)/t11-/m0/s1. The molecule has 0 bridgehead atoms. The first kappa shape index (κ1) is 13.0. The fourth-order valence-electron chi connectivity index (χ4n) is 3.49. The number of aliphatic carboxylic acids is 1. The van der Waals surface area contributed by atoms with Crippen LogP contribution in [-0.2, 0) is 4.79 Å². The van der Waals surface area contributed by atoms with Crippen molar-refractivity contribution in [2.45, 2.75) is 38.5 Å². The molecule has 0 aromatic carbocycles. The fourth-order valence-corrected chi connectivity index (χ4v) is 4.32. The highest BCUT2D eigenvalue weighted by Gasteiger charge is 2.35. The first-order chi connectivity index (χ1) is 9.16. The lowest BCUT2D eigenvalue weighted by Crippen LogP contribution is -2.18. The summed E-state index contributed by atoms with van der Waals surface area (Å²) in [6, 6.07) is 0. The summed E-state index contributed by atoms with van der Waals surface area (Å²) in [5.41, 5.74) is 2.92. The Morgan fingerprint density at radius 1 is 1.32 bits per heavy atom. The van der Waals surface area contributed by atoms with Crippen LogP contribution >= 0.6 is 15.9 Å². The number of hydrogen-bond donors (Lipinski definition) is 2. The van der Waals surface area contributed by atoms with E-state index in [1.165, 1.54) is 37.7 Å². The fraction of sp³-hybridized carbons (Fsp3) is 0.533. The van der Waals surface area contributed by atoms with E-state index in [9.17, 15) is 4.79 Å². The Balaban J connectivity index is 1.83. The summed E-state index contributed by atoms with van der Waals surface area (Å²) < 4.78 is 1.08. The summed E-state index contributed by atoms with van der Waals surface area (Å²) in [4.78, 5) is 11.0. The monoisotopic (exact) mass is 323 g/mol. The van der Waals surface area contributed by atoms with E-state index in [0.717, 1.165) is 16.7 Å². The number of halogens is 1. The molecule has 3 rings (SSSR count). The lowest BCUT2D eigenvalue weighted by atomic mass is 9.77. The zero-order chi connectivity index (χ0) is 13.4. The predicted octanol–water partition coefficient (Wildman–Crippen LogP) is 3.69. The molecule has 4 heteroatoms. The molecule has 1 saturated carbocycles. The zero-order valence-corrected chi connectivity index (χ0v) is 12.4. The van der Waals surface area contributed by atoms with Crippen LogP contribution < -0.4 is 5.32 Å². The molecule has 0 unspecified atom stereocenters. The summed E-state index contributed by atoms with van der Waals surface area (Å²) in [6.07, 6.45) is 11.0. The van der Waals surface area contributed by atoms with Crippen LogP contribution in [0.1, 0.15) is 38.5 Å². The molecule has 0 radical (unpaired) electrons. The minimum Gasteiger partial charge on any atom is -0.478 e. The van der Waals surface area contributed by atoms with Gasteiger partial charge in [-0.15, -0.1) is 0 Å². The van der Waals surface area contributed by atoms with Gasteiger partial charge in [0.05, 0.1) is 10.2 Å². The van der Waals surface area contributed by atoms with Gasteiger partial charge in [0.1, 0.15) is 0 Å². The average molecular weight is 324 g/mol. The van der Waals surface area contributed by atoms with E-state index in [2.05, 4.69) is 21.2 Å². The molecule has 0 saturated heterocycles. The third-order valence-electron chi connectivity index (χ3n) is 4.43. The van der Waals surface area contributed by atoms with Crippen LogP contribution in [0.15, 0.2) is 33.6 Å². The minimum absolute atomic E-state index is 0.362. The molecule has 1 atom stereocenters. The number of hydrogen-bond acceptors (Lipinski definition) is 2. The van der Waals surface area contributed by atoms with Gasteiger partial charge in [-0.3, -0.25) is 0 Å². The Kier molecular flexibility index (Phi) is 3.52. The van der Waals surface area contributed by atoms with E-state index >= 15 is 0 Å². The summed E-state index contributed by atoms with van der Waals surface area (Å²) in [7, 11) is 0. The van der Waals surface area contributed by atoms with E-state index in [-0.39, 0.29) is 0 Å². The number of fused-ring (bicyclic) bond motifs is 1. The second kappa shape index (κ2) is 5.16. The first-order valence-electron chi connectivity index (χ1n) is 6.98. The molecule has 1 heterocycles. The molecular formula is C15H18BrNO2. The summed E-state index contributed by atoms with van der Waals surface area (Å²) in [5, 5.41) is 12.4. The van der Waals surface area contributed by atoms with E-state index in [4.69, 9.17) is 5.11 Å². The number of carbonyl (C=O) groups is 1. The Labute approximate surface area is 121 Å². The molecule has 0 spiro atoms. The third-order valence-corrected chi connectivity index (χ3v) is 5.09. The second-order valence-corrected chi connectivity index (χ2v) is 6.37. The maximum Gasteiger partial charge on any atom is 0.335 e. The Morgan fingerprint density at radius 2 is 2.05 bits per heavy atom. The van der Waals surface area contributed by atoms with Crippen LogP contribution in [0.2, 0.25) is 0 Å². The maximum atomic E-state index is 11.0. The normalized spacial score (nSPS) is 27.5. The predicted molar refractivity (Wildman–Crippen MR) is 77.6 cm³/mol. The molecule has 0 aromatic rings. The van der Waals surface area contributed by atoms with E-state index in [1.807, 2.05) is 6.08 Å². The zero-order valence-electron chi connectivity index (χ0n) is 10.8. The SMILES string of the molecule is O=C(O)C1=CC[C@H]2C(=C1)NC(Br)=C2C1CCCCC1. The van der Waals surface area contributed by atoms with Crippen molar-refractivity contribution in [3.05, 3.63) is 33.6 Å². The largest absolute Gasteiger partial charge is 0.478 e. The molecule has 3 aliphatic rings. The van der Waals surface area contributed by atoms with Crippen LogP contribution in [0.4, 0.5) is 0 Å². The smallest absolute Gasteiger partial charge is 0.335 e. The average Bonchev–Trinajstić information content (AvgIpc) is 2.74. The maximum absolute atomic E-state index is 11.0. The first-order valence-corrected chi connectivity index (χ1v) is 7.77. The highest BCUT2D eigenvalue weighted by molar-refractivity contribution is 9.11. The minimum atomic E-state index is -0.838. The summed E-state index contributed by atoms with van der Waals surface area (Å²) in [6.45, 7) is 0. The Hall–Kier alpha value is -1.03. The number of rotatable bonds is 2. The molecule has 2 aliphatic carbocycles. The molecule has 1 fully saturated rings. The number of nitrogens with one attached hydrogen (secondary N) is 1. The van der Waals surface area contributed by atoms with Crippen LogP contribution in [0, 0.1) is 11.8 Å². The van der Waals surface area contributed by atoms with Crippen LogP contribution in [-0.4, -0.2) is 11.1 Å². The molecular weight excluding hydrogens is 306 g/mol. The van der Waals surface area contributed by atoms with E-state index in [0.29, 0.717) is 17.4 Å². The van der Waals surface area contributed by atoms with Crippen molar-refractivity contribution in [2.75, 3.05) is 0 Å². The van der Waals surface area contributed by atoms with E-state index in [1.54, 1.807) is 6.08 Å². The number of allylic oxidation sites excluding steroid dienone is 2. The van der Waals surface area contributed by atoms with E-state index < -0.39 is 5.97 Å². The van der Waals surface area contributed by atoms with Gasteiger partial charge in [0, 0.05) is 11.6 Å². The highest BCUT2D eigenvalue weighted by atomic mass is 79.9. The molecule has 19 heavy (non-hydrogen) atoms. The number of carboxylic acid groups (broad SMARTS) is 1. The van der Waals surface area contributed by atoms with Crippen molar-refractivity contribution in [3.8, 4) is 0 Å². The highest BCUT2D eigenvalue weighted by Crippen LogP contribution is 2.45. The molecule has 2 N–H and O–H groups in total. The van der Waals surface area contributed by atoms with Gasteiger partial charge in [-0.2, -0.15) is 0 Å².